The van der Waals surface area contributed by atoms with Gasteiger partial charge in [0, 0.05) is 0 Å². The zero-order valence-electron chi connectivity index (χ0n) is 13.6. The predicted molar refractivity (Wildman–Crippen MR) is 87.3 cm³/mol. The van der Waals surface area contributed by atoms with Gasteiger partial charge in [0.15, 0.2) is 0 Å². The van der Waals surface area contributed by atoms with Crippen molar-refractivity contribution in [2.24, 2.45) is 0 Å². The lowest BCUT2D eigenvalue weighted by Gasteiger charge is -2.35. The minimum atomic E-state index is -0.647. The molecule has 0 aliphatic heterocycles. The molecule has 1 aliphatic carbocycles. The van der Waals surface area contributed by atoms with Crippen molar-refractivity contribution in [2.75, 3.05) is 0 Å². The molecule has 118 valence electrons. The van der Waals surface area contributed by atoms with E-state index in [1.165, 1.54) is 12.0 Å². The molecule has 0 spiro atoms. The molecular weight excluding hydrogens is 260 g/mol. The maximum absolute atomic E-state index is 11.0. The molecule has 0 amide bonds. The molecule has 0 radical (unpaired) electrons. The molecule has 1 aliphatic rings. The maximum Gasteiger partial charge on any atom is 0.0899 e. The number of aryl methyl sites for hydroxylation is 1. The highest BCUT2D eigenvalue weighted by Crippen LogP contribution is 2.39. The Morgan fingerprint density at radius 1 is 1.05 bits per heavy atom. The zero-order valence-corrected chi connectivity index (χ0v) is 13.6. The molecule has 2 N–H and O–H groups in total. The summed E-state index contributed by atoms with van der Waals surface area (Å²) >= 11 is 0. The Bertz CT molecular complexity index is 443. The molecule has 1 aromatic carbocycles. The van der Waals surface area contributed by atoms with Crippen molar-refractivity contribution < 1.29 is 10.2 Å². The summed E-state index contributed by atoms with van der Waals surface area (Å²) in [5, 5.41) is 21.5. The van der Waals surface area contributed by atoms with Gasteiger partial charge in [-0.3, -0.25) is 0 Å². The van der Waals surface area contributed by atoms with Crippen molar-refractivity contribution in [1.29, 1.82) is 0 Å². The van der Waals surface area contributed by atoms with Crippen LogP contribution in [-0.4, -0.2) is 15.8 Å². The first-order valence-corrected chi connectivity index (χ1v) is 8.56. The van der Waals surface area contributed by atoms with Crippen molar-refractivity contribution in [2.45, 2.75) is 82.8 Å². The van der Waals surface area contributed by atoms with E-state index >= 15 is 0 Å². The number of hydrogen-bond acceptors (Lipinski definition) is 2. The molecule has 1 fully saturated rings. The zero-order chi connectivity index (χ0) is 15.3. The van der Waals surface area contributed by atoms with Gasteiger partial charge in [0.2, 0.25) is 0 Å². The Kier molecular flexibility index (Phi) is 5.45. The maximum atomic E-state index is 11.0. The summed E-state index contributed by atoms with van der Waals surface area (Å²) in [6.45, 7) is 4.09. The summed E-state index contributed by atoms with van der Waals surface area (Å²) in [5.74, 6) is 0. The lowest BCUT2D eigenvalue weighted by Crippen LogP contribution is -2.31. The van der Waals surface area contributed by atoms with E-state index in [1.807, 2.05) is 26.0 Å². The highest BCUT2D eigenvalue weighted by molar-refractivity contribution is 5.33. The molecule has 2 nitrogen and oxygen atoms in total. The molecule has 1 aromatic rings. The molecule has 2 heteroatoms. The van der Waals surface area contributed by atoms with Gasteiger partial charge in [0.25, 0.3) is 0 Å². The van der Waals surface area contributed by atoms with Gasteiger partial charge in [-0.05, 0) is 49.7 Å². The summed E-state index contributed by atoms with van der Waals surface area (Å²) in [7, 11) is 0. The molecule has 21 heavy (non-hydrogen) atoms. The van der Waals surface area contributed by atoms with Gasteiger partial charge >= 0.3 is 0 Å². The molecule has 0 heterocycles. The number of rotatable bonds is 6. The third kappa shape index (κ3) is 3.87. The molecule has 0 saturated heterocycles. The second-order valence-corrected chi connectivity index (χ2v) is 6.68. The Labute approximate surface area is 129 Å². The van der Waals surface area contributed by atoms with Crippen LogP contribution in [0.15, 0.2) is 24.3 Å². The van der Waals surface area contributed by atoms with Crippen LogP contribution in [0.2, 0.25) is 0 Å². The standard InChI is InChI=1S/C19H30O2/c1-3-18(20,4-2)15-12-16-10-6-7-11-17(16)19(21)13-8-5-9-14-19/h6-7,10-11,20-21H,3-5,8-9,12-15H2,1-2H3. The third-order valence-electron chi connectivity index (χ3n) is 5.38. The lowest BCUT2D eigenvalue weighted by atomic mass is 9.76. The van der Waals surface area contributed by atoms with E-state index in [0.29, 0.717) is 0 Å². The van der Waals surface area contributed by atoms with Gasteiger partial charge < -0.3 is 10.2 Å². The smallest absolute Gasteiger partial charge is 0.0899 e. The molecular formula is C19H30O2. The first kappa shape index (κ1) is 16.5. The normalized spacial score (nSPS) is 18.7. The highest BCUT2D eigenvalue weighted by Gasteiger charge is 2.33. The number of hydrogen-bond donors (Lipinski definition) is 2. The van der Waals surface area contributed by atoms with Crippen LogP contribution < -0.4 is 0 Å². The average molecular weight is 290 g/mol. The second kappa shape index (κ2) is 6.93. The molecule has 0 aromatic heterocycles. The van der Waals surface area contributed by atoms with Crippen LogP contribution >= 0.6 is 0 Å². The van der Waals surface area contributed by atoms with Crippen LogP contribution in [0.25, 0.3) is 0 Å². The SMILES string of the molecule is CCC(O)(CC)CCc1ccccc1C1(O)CCCCC1. The van der Waals surface area contributed by atoms with Crippen LogP contribution in [0, 0.1) is 0 Å². The van der Waals surface area contributed by atoms with E-state index in [2.05, 4.69) is 12.1 Å². The Balaban J connectivity index is 2.17. The molecule has 0 atom stereocenters. The van der Waals surface area contributed by atoms with Crippen molar-refractivity contribution in [3.8, 4) is 0 Å². The van der Waals surface area contributed by atoms with Gasteiger partial charge in [-0.15, -0.1) is 0 Å². The third-order valence-corrected chi connectivity index (χ3v) is 5.38. The van der Waals surface area contributed by atoms with Gasteiger partial charge in [-0.2, -0.15) is 0 Å². The Morgan fingerprint density at radius 3 is 2.29 bits per heavy atom. The van der Waals surface area contributed by atoms with Crippen LogP contribution in [0.5, 0.6) is 0 Å². The second-order valence-electron chi connectivity index (χ2n) is 6.68. The summed E-state index contributed by atoms with van der Waals surface area (Å²) < 4.78 is 0. The molecule has 1 saturated carbocycles. The first-order chi connectivity index (χ1) is 10.0. The van der Waals surface area contributed by atoms with Crippen molar-refractivity contribution >= 4 is 0 Å². The minimum Gasteiger partial charge on any atom is -0.390 e. The van der Waals surface area contributed by atoms with E-state index in [9.17, 15) is 10.2 Å². The number of aliphatic hydroxyl groups is 2. The first-order valence-electron chi connectivity index (χ1n) is 8.56. The van der Waals surface area contributed by atoms with E-state index in [4.69, 9.17) is 0 Å². The largest absolute Gasteiger partial charge is 0.390 e. The monoisotopic (exact) mass is 290 g/mol. The van der Waals surface area contributed by atoms with Crippen LogP contribution in [0.1, 0.15) is 76.3 Å². The van der Waals surface area contributed by atoms with Crippen molar-refractivity contribution in [1.82, 2.24) is 0 Å². The minimum absolute atomic E-state index is 0.567. The highest BCUT2D eigenvalue weighted by atomic mass is 16.3. The lowest BCUT2D eigenvalue weighted by molar-refractivity contribution is -0.00260. The fourth-order valence-corrected chi connectivity index (χ4v) is 3.57. The fraction of sp³-hybridized carbons (Fsp3) is 0.684. The fourth-order valence-electron chi connectivity index (χ4n) is 3.57. The van der Waals surface area contributed by atoms with Gasteiger partial charge in [-0.1, -0.05) is 57.4 Å². The van der Waals surface area contributed by atoms with E-state index in [-0.39, 0.29) is 0 Å². The summed E-state index contributed by atoms with van der Waals surface area (Å²) in [6, 6.07) is 8.27. The van der Waals surface area contributed by atoms with Crippen LogP contribution in [-0.2, 0) is 12.0 Å². The Hall–Kier alpha value is -0.860. The average Bonchev–Trinajstić information content (AvgIpc) is 2.53. The molecule has 2 rings (SSSR count). The van der Waals surface area contributed by atoms with Crippen LogP contribution in [0.3, 0.4) is 0 Å². The summed E-state index contributed by atoms with van der Waals surface area (Å²) in [5.41, 5.74) is 1.09. The molecule has 0 unspecified atom stereocenters. The summed E-state index contributed by atoms with van der Waals surface area (Å²) in [6.07, 6.45) is 8.38. The topological polar surface area (TPSA) is 40.5 Å². The van der Waals surface area contributed by atoms with E-state index < -0.39 is 11.2 Å². The van der Waals surface area contributed by atoms with Gasteiger partial charge in [0.05, 0.1) is 11.2 Å². The van der Waals surface area contributed by atoms with E-state index in [0.717, 1.165) is 56.9 Å². The van der Waals surface area contributed by atoms with Gasteiger partial charge in [0.1, 0.15) is 0 Å². The van der Waals surface area contributed by atoms with Crippen LogP contribution in [0.4, 0.5) is 0 Å². The van der Waals surface area contributed by atoms with Gasteiger partial charge in [-0.25, -0.2) is 0 Å². The number of benzene rings is 1. The molecule has 0 bridgehead atoms. The van der Waals surface area contributed by atoms with Crippen molar-refractivity contribution in [3.63, 3.8) is 0 Å². The summed E-state index contributed by atoms with van der Waals surface area (Å²) in [4.78, 5) is 0. The quantitative estimate of drug-likeness (QED) is 0.819. The van der Waals surface area contributed by atoms with Crippen molar-refractivity contribution in [3.05, 3.63) is 35.4 Å². The predicted octanol–water partition coefficient (Wildman–Crippen LogP) is 4.32. The van der Waals surface area contributed by atoms with E-state index in [1.54, 1.807) is 0 Å². The Morgan fingerprint density at radius 2 is 1.67 bits per heavy atom.